The average molecular weight is 236 g/mol. The molecule has 0 bridgehead atoms. The normalized spacial score (nSPS) is 9.71. The molecule has 76 valence electrons. The van der Waals surface area contributed by atoms with Gasteiger partial charge in [-0.25, -0.2) is 9.78 Å². The molecule has 0 aliphatic rings. The molecule has 0 radical (unpaired) electrons. The fourth-order valence-electron chi connectivity index (χ4n) is 0.817. The maximum atomic E-state index is 11.2. The minimum atomic E-state index is -0.657. The van der Waals surface area contributed by atoms with Crippen LogP contribution in [0.2, 0.25) is 10.3 Å². The van der Waals surface area contributed by atoms with Gasteiger partial charge in [0.2, 0.25) is 5.28 Å². The lowest BCUT2D eigenvalue weighted by atomic mass is 10.4. The van der Waals surface area contributed by atoms with Crippen LogP contribution in [0.4, 0.5) is 5.82 Å². The predicted molar refractivity (Wildman–Crippen MR) is 52.9 cm³/mol. The van der Waals surface area contributed by atoms with E-state index in [-0.39, 0.29) is 21.8 Å². The first-order valence-corrected chi connectivity index (χ1v) is 4.34. The average Bonchev–Trinajstić information content (AvgIpc) is 2.19. The van der Waals surface area contributed by atoms with Gasteiger partial charge in [0.1, 0.15) is 5.02 Å². The zero-order chi connectivity index (χ0) is 10.7. The third kappa shape index (κ3) is 2.05. The summed E-state index contributed by atoms with van der Waals surface area (Å²) < 4.78 is 4.47. The fraction of sp³-hybridized carbons (Fsp3) is 0.286. The van der Waals surface area contributed by atoms with Crippen LogP contribution in [0.15, 0.2) is 0 Å². The monoisotopic (exact) mass is 235 g/mol. The van der Waals surface area contributed by atoms with Crippen LogP contribution in [-0.2, 0) is 4.74 Å². The SMILES string of the molecule is CNc1nc(Cl)nc(C(=O)OC)c1Cl. The lowest BCUT2D eigenvalue weighted by Gasteiger charge is -2.06. The van der Waals surface area contributed by atoms with Crippen LogP contribution < -0.4 is 5.32 Å². The van der Waals surface area contributed by atoms with Gasteiger partial charge in [-0.2, -0.15) is 4.98 Å². The second-order valence-electron chi connectivity index (χ2n) is 2.25. The molecule has 0 amide bonds. The molecule has 0 atom stereocenters. The number of ether oxygens (including phenoxy) is 1. The number of nitrogens with one attached hydrogen (secondary N) is 1. The van der Waals surface area contributed by atoms with Crippen molar-refractivity contribution in [2.24, 2.45) is 0 Å². The van der Waals surface area contributed by atoms with E-state index < -0.39 is 5.97 Å². The van der Waals surface area contributed by atoms with Crippen molar-refractivity contribution in [3.8, 4) is 0 Å². The number of rotatable bonds is 2. The molecule has 1 aromatic heterocycles. The van der Waals surface area contributed by atoms with Gasteiger partial charge in [-0.3, -0.25) is 0 Å². The van der Waals surface area contributed by atoms with E-state index >= 15 is 0 Å². The van der Waals surface area contributed by atoms with Gasteiger partial charge in [0.15, 0.2) is 11.5 Å². The van der Waals surface area contributed by atoms with E-state index in [1.807, 2.05) is 0 Å². The summed E-state index contributed by atoms with van der Waals surface area (Å²) in [5.74, 6) is -0.372. The highest BCUT2D eigenvalue weighted by molar-refractivity contribution is 6.36. The van der Waals surface area contributed by atoms with Crippen LogP contribution in [0.5, 0.6) is 0 Å². The first kappa shape index (κ1) is 11.0. The standard InChI is InChI=1S/C7H7Cl2N3O2/c1-10-5-3(8)4(6(13)14-2)11-7(9)12-5/h1-2H3,(H,10,11,12). The van der Waals surface area contributed by atoms with E-state index in [1.165, 1.54) is 7.11 Å². The molecule has 5 nitrogen and oxygen atoms in total. The van der Waals surface area contributed by atoms with E-state index in [2.05, 4.69) is 20.0 Å². The third-order valence-electron chi connectivity index (χ3n) is 1.44. The van der Waals surface area contributed by atoms with Crippen LogP contribution in [-0.4, -0.2) is 30.1 Å². The Labute approximate surface area is 90.4 Å². The topological polar surface area (TPSA) is 64.1 Å². The molecule has 0 aliphatic heterocycles. The van der Waals surface area contributed by atoms with Crippen molar-refractivity contribution >= 4 is 35.0 Å². The molecular weight excluding hydrogens is 229 g/mol. The molecule has 0 saturated carbocycles. The van der Waals surface area contributed by atoms with Crippen LogP contribution in [0.1, 0.15) is 10.5 Å². The summed E-state index contributed by atoms with van der Waals surface area (Å²) in [6, 6.07) is 0. The summed E-state index contributed by atoms with van der Waals surface area (Å²) >= 11 is 11.4. The van der Waals surface area contributed by atoms with Gasteiger partial charge in [0, 0.05) is 7.05 Å². The zero-order valence-electron chi connectivity index (χ0n) is 7.47. The second-order valence-corrected chi connectivity index (χ2v) is 2.96. The summed E-state index contributed by atoms with van der Waals surface area (Å²) in [5, 5.41) is 2.70. The number of aromatic nitrogens is 2. The summed E-state index contributed by atoms with van der Waals surface area (Å²) in [6.45, 7) is 0. The Kier molecular flexibility index (Phi) is 3.49. The van der Waals surface area contributed by atoms with Gasteiger partial charge in [-0.1, -0.05) is 11.6 Å². The third-order valence-corrected chi connectivity index (χ3v) is 1.97. The zero-order valence-corrected chi connectivity index (χ0v) is 8.98. The molecular formula is C7H7Cl2N3O2. The number of halogens is 2. The number of methoxy groups -OCH3 is 1. The highest BCUT2D eigenvalue weighted by Gasteiger charge is 2.17. The summed E-state index contributed by atoms with van der Waals surface area (Å²) in [5.41, 5.74) is -0.0569. The Bertz CT molecular complexity index is 370. The molecule has 0 spiro atoms. The Morgan fingerprint density at radius 2 is 2.07 bits per heavy atom. The van der Waals surface area contributed by atoms with E-state index in [0.29, 0.717) is 0 Å². The highest BCUT2D eigenvalue weighted by Crippen LogP contribution is 2.24. The van der Waals surface area contributed by atoms with Gasteiger partial charge in [-0.15, -0.1) is 0 Å². The van der Waals surface area contributed by atoms with Crippen LogP contribution in [0.3, 0.4) is 0 Å². The molecule has 0 aliphatic carbocycles. The number of esters is 1. The number of hydrogen-bond donors (Lipinski definition) is 1. The maximum absolute atomic E-state index is 11.2. The summed E-state index contributed by atoms with van der Waals surface area (Å²) in [4.78, 5) is 18.6. The van der Waals surface area contributed by atoms with Gasteiger partial charge in [0.25, 0.3) is 0 Å². The number of anilines is 1. The number of carbonyl (C=O) groups is 1. The molecule has 7 heteroatoms. The fourth-order valence-corrected chi connectivity index (χ4v) is 1.24. The lowest BCUT2D eigenvalue weighted by Crippen LogP contribution is -2.08. The van der Waals surface area contributed by atoms with Crippen molar-refractivity contribution in [2.45, 2.75) is 0 Å². The molecule has 1 N–H and O–H groups in total. The summed E-state index contributed by atoms with van der Waals surface area (Å²) in [6.07, 6.45) is 0. The minimum absolute atomic E-state index is 0.0569. The van der Waals surface area contributed by atoms with Crippen molar-refractivity contribution in [3.05, 3.63) is 16.0 Å². The molecule has 0 fully saturated rings. The van der Waals surface area contributed by atoms with E-state index in [1.54, 1.807) is 7.05 Å². The van der Waals surface area contributed by atoms with Crippen molar-refractivity contribution in [2.75, 3.05) is 19.5 Å². The number of hydrogen-bond acceptors (Lipinski definition) is 5. The van der Waals surface area contributed by atoms with E-state index in [9.17, 15) is 4.79 Å². The van der Waals surface area contributed by atoms with Gasteiger partial charge in [-0.05, 0) is 11.6 Å². The predicted octanol–water partition coefficient (Wildman–Crippen LogP) is 1.61. The van der Waals surface area contributed by atoms with Gasteiger partial charge < -0.3 is 10.1 Å². The first-order valence-electron chi connectivity index (χ1n) is 3.59. The first-order chi connectivity index (χ1) is 6.60. The second kappa shape index (κ2) is 4.43. The molecule has 0 aromatic carbocycles. The van der Waals surface area contributed by atoms with Crippen molar-refractivity contribution in [1.29, 1.82) is 0 Å². The Balaban J connectivity index is 3.29. The van der Waals surface area contributed by atoms with Crippen LogP contribution in [0.25, 0.3) is 0 Å². The molecule has 14 heavy (non-hydrogen) atoms. The van der Waals surface area contributed by atoms with Gasteiger partial charge >= 0.3 is 5.97 Å². The molecule has 0 saturated heterocycles. The van der Waals surface area contributed by atoms with E-state index in [4.69, 9.17) is 23.2 Å². The largest absolute Gasteiger partial charge is 0.464 e. The van der Waals surface area contributed by atoms with E-state index in [0.717, 1.165) is 0 Å². The van der Waals surface area contributed by atoms with Gasteiger partial charge in [0.05, 0.1) is 7.11 Å². The van der Waals surface area contributed by atoms with Crippen LogP contribution >= 0.6 is 23.2 Å². The van der Waals surface area contributed by atoms with Crippen molar-refractivity contribution in [3.63, 3.8) is 0 Å². The molecule has 1 rings (SSSR count). The lowest BCUT2D eigenvalue weighted by molar-refractivity contribution is 0.0594. The summed E-state index contributed by atoms with van der Waals surface area (Å²) in [7, 11) is 2.83. The number of carbonyl (C=O) groups excluding carboxylic acids is 1. The Hall–Kier alpha value is -1.07. The van der Waals surface area contributed by atoms with Crippen LogP contribution in [0, 0.1) is 0 Å². The van der Waals surface area contributed by atoms with Crippen molar-refractivity contribution < 1.29 is 9.53 Å². The Morgan fingerprint density at radius 1 is 1.43 bits per heavy atom. The smallest absolute Gasteiger partial charge is 0.358 e. The Morgan fingerprint density at radius 3 is 2.57 bits per heavy atom. The minimum Gasteiger partial charge on any atom is -0.464 e. The molecule has 1 heterocycles. The number of nitrogens with zero attached hydrogens (tertiary/aromatic N) is 2. The molecule has 1 aromatic rings. The quantitative estimate of drug-likeness (QED) is 0.624. The van der Waals surface area contributed by atoms with Crippen molar-refractivity contribution in [1.82, 2.24) is 9.97 Å². The molecule has 0 unspecified atom stereocenters. The maximum Gasteiger partial charge on any atom is 0.358 e. The highest BCUT2D eigenvalue weighted by atomic mass is 35.5.